The zero-order valence-electron chi connectivity index (χ0n) is 11.6. The summed E-state index contributed by atoms with van der Waals surface area (Å²) in [4.78, 5) is 2.55. The van der Waals surface area contributed by atoms with Crippen LogP contribution in [-0.2, 0) is 0 Å². The van der Waals surface area contributed by atoms with Gasteiger partial charge in [0.2, 0.25) is 0 Å². The van der Waals surface area contributed by atoms with Crippen LogP contribution < -0.4 is 5.32 Å². The van der Waals surface area contributed by atoms with E-state index in [1.807, 2.05) is 0 Å². The van der Waals surface area contributed by atoms with E-state index in [2.05, 4.69) is 17.3 Å². The fourth-order valence-electron chi connectivity index (χ4n) is 3.43. The van der Waals surface area contributed by atoms with Crippen LogP contribution in [0.1, 0.15) is 57.8 Å². The summed E-state index contributed by atoms with van der Waals surface area (Å²) in [7, 11) is 2.30. The lowest BCUT2D eigenvalue weighted by molar-refractivity contribution is 0.231. The van der Waals surface area contributed by atoms with Crippen molar-refractivity contribution in [2.24, 2.45) is 5.92 Å². The van der Waals surface area contributed by atoms with Crippen LogP contribution in [0.3, 0.4) is 0 Å². The van der Waals surface area contributed by atoms with Crippen LogP contribution in [0.25, 0.3) is 0 Å². The molecule has 0 radical (unpaired) electrons. The van der Waals surface area contributed by atoms with Gasteiger partial charge in [-0.2, -0.15) is 0 Å². The average molecular weight is 238 g/mol. The van der Waals surface area contributed by atoms with Crippen LogP contribution in [0.2, 0.25) is 0 Å². The van der Waals surface area contributed by atoms with Gasteiger partial charge in [0.25, 0.3) is 0 Å². The minimum atomic E-state index is 0.764. The molecule has 2 aliphatic rings. The second-order valence-corrected chi connectivity index (χ2v) is 6.20. The molecule has 0 bridgehead atoms. The van der Waals surface area contributed by atoms with Gasteiger partial charge >= 0.3 is 0 Å². The van der Waals surface area contributed by atoms with E-state index in [1.54, 1.807) is 0 Å². The second-order valence-electron chi connectivity index (χ2n) is 6.20. The van der Waals surface area contributed by atoms with E-state index in [0.717, 1.165) is 12.0 Å². The van der Waals surface area contributed by atoms with Gasteiger partial charge in [0.1, 0.15) is 0 Å². The topological polar surface area (TPSA) is 15.3 Å². The summed E-state index contributed by atoms with van der Waals surface area (Å²) in [6, 6.07) is 0.764. The van der Waals surface area contributed by atoms with Crippen LogP contribution in [-0.4, -0.2) is 37.6 Å². The first kappa shape index (κ1) is 13.4. The molecular weight excluding hydrogens is 208 g/mol. The Morgan fingerprint density at radius 2 is 1.76 bits per heavy atom. The molecule has 1 saturated heterocycles. The summed E-state index contributed by atoms with van der Waals surface area (Å²) in [5.74, 6) is 1.03. The maximum Gasteiger partial charge on any atom is 0.0194 e. The van der Waals surface area contributed by atoms with Gasteiger partial charge in [-0.05, 0) is 45.3 Å². The molecule has 2 fully saturated rings. The van der Waals surface area contributed by atoms with E-state index in [4.69, 9.17) is 0 Å². The molecule has 0 aromatic heterocycles. The predicted molar refractivity (Wildman–Crippen MR) is 74.3 cm³/mol. The Hall–Kier alpha value is -0.0800. The van der Waals surface area contributed by atoms with Gasteiger partial charge in [0.15, 0.2) is 0 Å². The van der Waals surface area contributed by atoms with Crippen LogP contribution in [0, 0.1) is 5.92 Å². The van der Waals surface area contributed by atoms with Crippen molar-refractivity contribution in [3.05, 3.63) is 0 Å². The molecule has 1 saturated carbocycles. The monoisotopic (exact) mass is 238 g/mol. The smallest absolute Gasteiger partial charge is 0.0194 e. The molecule has 0 aromatic carbocycles. The van der Waals surface area contributed by atoms with Crippen LogP contribution in [0.4, 0.5) is 0 Å². The average Bonchev–Trinajstić information content (AvgIpc) is 2.39. The number of nitrogens with one attached hydrogen (secondary N) is 1. The summed E-state index contributed by atoms with van der Waals surface area (Å²) in [6.07, 6.45) is 13.1. The summed E-state index contributed by atoms with van der Waals surface area (Å²) in [5.41, 5.74) is 0. The molecule has 1 unspecified atom stereocenters. The van der Waals surface area contributed by atoms with Crippen molar-refractivity contribution in [2.45, 2.75) is 63.8 Å². The number of nitrogens with zero attached hydrogens (tertiary/aromatic N) is 1. The highest BCUT2D eigenvalue weighted by molar-refractivity contribution is 4.75. The third-order valence-corrected chi connectivity index (χ3v) is 4.59. The quantitative estimate of drug-likeness (QED) is 0.792. The summed E-state index contributed by atoms with van der Waals surface area (Å²) in [5, 5.41) is 3.65. The van der Waals surface area contributed by atoms with Gasteiger partial charge in [-0.15, -0.1) is 0 Å². The molecule has 100 valence electrons. The first-order valence-electron chi connectivity index (χ1n) is 7.76. The number of hydrogen-bond acceptors (Lipinski definition) is 2. The minimum Gasteiger partial charge on any atom is -0.313 e. The van der Waals surface area contributed by atoms with Gasteiger partial charge in [-0.3, -0.25) is 0 Å². The maximum atomic E-state index is 3.65. The molecule has 1 aliphatic carbocycles. The Bertz CT molecular complexity index is 193. The summed E-state index contributed by atoms with van der Waals surface area (Å²) < 4.78 is 0. The number of piperidine rings is 1. The van der Waals surface area contributed by atoms with Crippen molar-refractivity contribution in [1.29, 1.82) is 0 Å². The Labute approximate surface area is 107 Å². The molecule has 17 heavy (non-hydrogen) atoms. The second kappa shape index (κ2) is 7.38. The predicted octanol–water partition coefficient (Wildman–Crippen LogP) is 3.03. The highest BCUT2D eigenvalue weighted by Crippen LogP contribution is 2.26. The number of likely N-dealkylation sites (N-methyl/N-ethyl adjacent to an activating group) is 1. The van der Waals surface area contributed by atoms with E-state index in [9.17, 15) is 0 Å². The van der Waals surface area contributed by atoms with Crippen molar-refractivity contribution in [1.82, 2.24) is 10.2 Å². The summed E-state index contributed by atoms with van der Waals surface area (Å²) >= 11 is 0. The SMILES string of the molecule is CN(CCC1CCCCC1)CC1CCCCN1. The maximum absolute atomic E-state index is 3.65. The molecular formula is C15H30N2. The van der Waals surface area contributed by atoms with Crippen molar-refractivity contribution in [3.63, 3.8) is 0 Å². The van der Waals surface area contributed by atoms with Gasteiger partial charge in [-0.25, -0.2) is 0 Å². The fourth-order valence-corrected chi connectivity index (χ4v) is 3.43. The normalized spacial score (nSPS) is 27.5. The highest BCUT2D eigenvalue weighted by atomic mass is 15.1. The Morgan fingerprint density at radius 3 is 2.47 bits per heavy atom. The third-order valence-electron chi connectivity index (χ3n) is 4.59. The molecule has 2 nitrogen and oxygen atoms in total. The van der Waals surface area contributed by atoms with Gasteiger partial charge in [0, 0.05) is 12.6 Å². The lowest BCUT2D eigenvalue weighted by Gasteiger charge is -2.29. The number of rotatable bonds is 5. The van der Waals surface area contributed by atoms with Crippen molar-refractivity contribution in [2.75, 3.05) is 26.7 Å². The number of hydrogen-bond donors (Lipinski definition) is 1. The van der Waals surface area contributed by atoms with E-state index >= 15 is 0 Å². The van der Waals surface area contributed by atoms with Crippen LogP contribution in [0.15, 0.2) is 0 Å². The molecule has 0 amide bonds. The van der Waals surface area contributed by atoms with E-state index < -0.39 is 0 Å². The zero-order chi connectivity index (χ0) is 11.9. The van der Waals surface area contributed by atoms with Gasteiger partial charge in [0.05, 0.1) is 0 Å². The Kier molecular flexibility index (Phi) is 5.79. The fraction of sp³-hybridized carbons (Fsp3) is 1.00. The third kappa shape index (κ3) is 4.97. The largest absolute Gasteiger partial charge is 0.313 e. The van der Waals surface area contributed by atoms with E-state index in [-0.39, 0.29) is 0 Å². The molecule has 2 heteroatoms. The van der Waals surface area contributed by atoms with Crippen LogP contribution in [0.5, 0.6) is 0 Å². The molecule has 1 aliphatic heterocycles. The molecule has 1 heterocycles. The Balaban J connectivity index is 1.57. The first-order chi connectivity index (χ1) is 8.34. The van der Waals surface area contributed by atoms with Crippen molar-refractivity contribution in [3.8, 4) is 0 Å². The lowest BCUT2D eigenvalue weighted by Crippen LogP contribution is -2.42. The standard InChI is InChI=1S/C15H30N2/c1-17(13-15-9-5-6-11-16-15)12-10-14-7-3-2-4-8-14/h14-16H,2-13H2,1H3. The molecule has 0 aromatic rings. The molecule has 1 atom stereocenters. The van der Waals surface area contributed by atoms with Crippen molar-refractivity contribution >= 4 is 0 Å². The van der Waals surface area contributed by atoms with Crippen LogP contribution >= 0.6 is 0 Å². The van der Waals surface area contributed by atoms with E-state index in [0.29, 0.717) is 0 Å². The summed E-state index contributed by atoms with van der Waals surface area (Å²) in [6.45, 7) is 3.80. The molecule has 2 rings (SSSR count). The lowest BCUT2D eigenvalue weighted by atomic mass is 9.87. The van der Waals surface area contributed by atoms with E-state index in [1.165, 1.54) is 77.4 Å². The van der Waals surface area contributed by atoms with Gasteiger partial charge in [-0.1, -0.05) is 38.5 Å². The molecule has 1 N–H and O–H groups in total. The minimum absolute atomic E-state index is 0.764. The van der Waals surface area contributed by atoms with Gasteiger partial charge < -0.3 is 10.2 Å². The molecule has 0 spiro atoms. The first-order valence-corrected chi connectivity index (χ1v) is 7.76. The van der Waals surface area contributed by atoms with Crippen molar-refractivity contribution < 1.29 is 0 Å². The zero-order valence-corrected chi connectivity index (χ0v) is 11.6. The highest BCUT2D eigenvalue weighted by Gasteiger charge is 2.17. The Morgan fingerprint density at radius 1 is 1.00 bits per heavy atom.